The molecule has 260 valence electrons. The summed E-state index contributed by atoms with van der Waals surface area (Å²) in [5.41, 5.74) is 5.14. The molecule has 0 bridgehead atoms. The summed E-state index contributed by atoms with van der Waals surface area (Å²) >= 11 is 0. The minimum atomic E-state index is -0.812. The average Bonchev–Trinajstić information content (AvgIpc) is 3.63. The second-order valence-corrected chi connectivity index (χ2v) is 13.7. The van der Waals surface area contributed by atoms with Gasteiger partial charge in [0.25, 0.3) is 0 Å². The maximum atomic E-state index is 12.8. The van der Waals surface area contributed by atoms with Crippen molar-refractivity contribution in [3.8, 4) is 57.5 Å². The van der Waals surface area contributed by atoms with Crippen LogP contribution in [0.5, 0.6) is 57.5 Å². The summed E-state index contributed by atoms with van der Waals surface area (Å²) in [5.74, 6) is -2.08. The number of phenols is 8. The zero-order chi connectivity index (χ0) is 36.0. The molecule has 10 nitrogen and oxygen atoms in total. The number of hydrogen-bond donors (Lipinski definition) is 8. The summed E-state index contributed by atoms with van der Waals surface area (Å²) in [6.07, 6.45) is -1.26. The topological polar surface area (TPSA) is 180 Å². The highest BCUT2D eigenvalue weighted by atomic mass is 16.5. The molecule has 0 saturated carbocycles. The molecular weight excluding hydrogens is 664 g/mol. The molecule has 0 spiro atoms. The monoisotopic (exact) mass is 696 g/mol. The van der Waals surface area contributed by atoms with Gasteiger partial charge in [-0.25, -0.2) is 0 Å². The molecule has 5 atom stereocenters. The van der Waals surface area contributed by atoms with E-state index in [2.05, 4.69) is 0 Å². The van der Waals surface area contributed by atoms with Crippen LogP contribution in [0.15, 0.2) is 103 Å². The molecule has 10 heteroatoms. The highest BCUT2D eigenvalue weighted by Crippen LogP contribution is 2.63. The maximum Gasteiger partial charge on any atom is 0.135 e. The van der Waals surface area contributed by atoms with Gasteiger partial charge in [-0.2, -0.15) is 0 Å². The Kier molecular flexibility index (Phi) is 6.88. The molecule has 2 aliphatic heterocycles. The first-order chi connectivity index (χ1) is 25.0. The van der Waals surface area contributed by atoms with E-state index in [4.69, 9.17) is 9.47 Å². The number of hydrogen-bond acceptors (Lipinski definition) is 10. The fourth-order valence-corrected chi connectivity index (χ4v) is 8.48. The van der Waals surface area contributed by atoms with Crippen LogP contribution in [-0.2, 0) is 6.42 Å². The lowest BCUT2D eigenvalue weighted by molar-refractivity contribution is 0.217. The van der Waals surface area contributed by atoms with E-state index in [0.717, 1.165) is 16.7 Å². The quantitative estimate of drug-likeness (QED) is 0.0917. The second-order valence-electron chi connectivity index (χ2n) is 13.7. The molecule has 3 aliphatic rings. The molecule has 6 aromatic rings. The Morgan fingerprint density at radius 2 is 1.08 bits per heavy atom. The SMILES string of the molecule is Oc1ccc([C@@H]2Oc3cc(O)cc4c3[C@@H]2c2cc3c(c(O)c2[C@@H](c2ccc(O)cc2O)C4)[C@H](c2cc(O)cc(O)c2)[C@H](c2cccc(O)c2)O3)cc1. The van der Waals surface area contributed by atoms with E-state index in [9.17, 15) is 40.9 Å². The Balaban J connectivity index is 1.35. The Hall–Kier alpha value is -6.68. The molecular formula is C42H32O10. The molecule has 1 aliphatic carbocycles. The molecule has 9 rings (SSSR count). The number of fused-ring (bicyclic) bond motifs is 3. The smallest absolute Gasteiger partial charge is 0.135 e. The molecule has 8 N–H and O–H groups in total. The molecule has 0 saturated heterocycles. The van der Waals surface area contributed by atoms with Crippen molar-refractivity contribution in [1.82, 2.24) is 0 Å². The first-order valence-electron chi connectivity index (χ1n) is 16.8. The highest BCUT2D eigenvalue weighted by Gasteiger charge is 2.48. The van der Waals surface area contributed by atoms with E-state index < -0.39 is 30.0 Å². The summed E-state index contributed by atoms with van der Waals surface area (Å²) < 4.78 is 13.3. The normalized spacial score (nSPS) is 21.0. The fourth-order valence-electron chi connectivity index (χ4n) is 8.48. The van der Waals surface area contributed by atoms with Crippen molar-refractivity contribution in [2.45, 2.75) is 36.4 Å². The van der Waals surface area contributed by atoms with Gasteiger partial charge in [0.15, 0.2) is 0 Å². The number of aromatic hydroxyl groups is 8. The number of rotatable bonds is 4. The van der Waals surface area contributed by atoms with Crippen LogP contribution in [0, 0.1) is 0 Å². The first kappa shape index (κ1) is 31.3. The predicted molar refractivity (Wildman–Crippen MR) is 188 cm³/mol. The summed E-state index contributed by atoms with van der Waals surface area (Å²) in [4.78, 5) is 0. The van der Waals surface area contributed by atoms with Gasteiger partial charge in [-0.15, -0.1) is 0 Å². The summed E-state index contributed by atoms with van der Waals surface area (Å²) in [7, 11) is 0. The molecule has 0 aromatic heterocycles. The van der Waals surface area contributed by atoms with Crippen molar-refractivity contribution in [2.75, 3.05) is 0 Å². The zero-order valence-electron chi connectivity index (χ0n) is 27.3. The van der Waals surface area contributed by atoms with Crippen molar-refractivity contribution in [1.29, 1.82) is 0 Å². The van der Waals surface area contributed by atoms with E-state index in [1.165, 1.54) is 36.4 Å². The molecule has 0 radical (unpaired) electrons. The minimum Gasteiger partial charge on any atom is -0.508 e. The van der Waals surface area contributed by atoms with Gasteiger partial charge in [-0.3, -0.25) is 0 Å². The van der Waals surface area contributed by atoms with Gasteiger partial charge in [0, 0.05) is 46.4 Å². The predicted octanol–water partition coefficient (Wildman–Crippen LogP) is 7.55. The van der Waals surface area contributed by atoms with Gasteiger partial charge < -0.3 is 50.3 Å². The largest absolute Gasteiger partial charge is 0.508 e. The molecule has 0 amide bonds. The summed E-state index contributed by atoms with van der Waals surface area (Å²) in [6, 6.07) is 26.7. The average molecular weight is 697 g/mol. The van der Waals surface area contributed by atoms with Crippen LogP contribution in [0.25, 0.3) is 0 Å². The Bertz CT molecular complexity index is 2400. The van der Waals surface area contributed by atoms with Crippen molar-refractivity contribution in [2.24, 2.45) is 0 Å². The summed E-state index contributed by atoms with van der Waals surface area (Å²) in [5, 5.41) is 87.0. The number of phenolic OH excluding ortho intramolecular Hbond substituents is 8. The molecule has 0 fully saturated rings. The van der Waals surface area contributed by atoms with Crippen molar-refractivity contribution in [3.63, 3.8) is 0 Å². The van der Waals surface area contributed by atoms with Gasteiger partial charge in [-0.05, 0) is 88.8 Å². The maximum absolute atomic E-state index is 12.8. The third-order valence-corrected chi connectivity index (χ3v) is 10.5. The van der Waals surface area contributed by atoms with Crippen LogP contribution in [0.4, 0.5) is 0 Å². The Labute approximate surface area is 296 Å². The van der Waals surface area contributed by atoms with Crippen molar-refractivity contribution in [3.05, 3.63) is 153 Å². The van der Waals surface area contributed by atoms with Gasteiger partial charge >= 0.3 is 0 Å². The van der Waals surface area contributed by atoms with Gasteiger partial charge in [-0.1, -0.05) is 30.3 Å². The number of benzene rings is 6. The van der Waals surface area contributed by atoms with Crippen LogP contribution >= 0.6 is 0 Å². The zero-order valence-corrected chi connectivity index (χ0v) is 27.3. The first-order valence-corrected chi connectivity index (χ1v) is 16.8. The van der Waals surface area contributed by atoms with Crippen LogP contribution in [0.1, 0.15) is 80.0 Å². The third kappa shape index (κ3) is 4.86. The number of ether oxygens (including phenoxy) is 2. The summed E-state index contributed by atoms with van der Waals surface area (Å²) in [6.45, 7) is 0. The Morgan fingerprint density at radius 1 is 0.442 bits per heavy atom. The van der Waals surface area contributed by atoms with Crippen molar-refractivity contribution >= 4 is 0 Å². The lowest BCUT2D eigenvalue weighted by Gasteiger charge is -2.27. The molecule has 52 heavy (non-hydrogen) atoms. The van der Waals surface area contributed by atoms with E-state index in [0.29, 0.717) is 44.9 Å². The van der Waals surface area contributed by atoms with Crippen LogP contribution in [0.3, 0.4) is 0 Å². The van der Waals surface area contributed by atoms with Gasteiger partial charge in [0.2, 0.25) is 0 Å². The van der Waals surface area contributed by atoms with Crippen LogP contribution in [-0.4, -0.2) is 40.9 Å². The van der Waals surface area contributed by atoms with Crippen molar-refractivity contribution < 1.29 is 50.3 Å². The van der Waals surface area contributed by atoms with E-state index >= 15 is 0 Å². The molecule has 6 aromatic carbocycles. The lowest BCUT2D eigenvalue weighted by atomic mass is 9.77. The molecule has 2 heterocycles. The van der Waals surface area contributed by atoms with Gasteiger partial charge in [0.05, 0.1) is 11.8 Å². The van der Waals surface area contributed by atoms with E-state index in [1.807, 2.05) is 6.07 Å². The standard InChI is InChI=1S/C42H32O10/c43-23-6-4-19(5-7-23)41-38-31-18-34-39(36(21-11-26(46)15-27(47)12-21)42(52-34)20-2-1-3-24(44)10-20)40(50)37(31)30(29-9-8-25(45)16-32(29)49)14-22-13-28(48)17-33(51-41)35(22)38/h1-13,15-18,30,36,38,41-50H,14H2/t30-,36+,38+,41+,42+/m1/s1. The van der Waals surface area contributed by atoms with Gasteiger partial charge in [0.1, 0.15) is 69.7 Å². The van der Waals surface area contributed by atoms with Crippen LogP contribution in [0.2, 0.25) is 0 Å². The second kappa shape index (κ2) is 11.4. The fraction of sp³-hybridized carbons (Fsp3) is 0.143. The van der Waals surface area contributed by atoms with Crippen LogP contribution < -0.4 is 9.47 Å². The molecule has 0 unspecified atom stereocenters. The van der Waals surface area contributed by atoms with E-state index in [-0.39, 0.29) is 52.4 Å². The highest BCUT2D eigenvalue weighted by molar-refractivity contribution is 5.70. The lowest BCUT2D eigenvalue weighted by Crippen LogP contribution is -2.15. The minimum absolute atomic E-state index is 0.00432. The Morgan fingerprint density at radius 3 is 1.79 bits per heavy atom. The third-order valence-electron chi connectivity index (χ3n) is 10.5. The van der Waals surface area contributed by atoms with E-state index in [1.54, 1.807) is 60.7 Å².